The molecular weight excluding hydrogens is 368 g/mol. The number of hydrogen-bond donors (Lipinski definition) is 1. The summed E-state index contributed by atoms with van der Waals surface area (Å²) in [7, 11) is 0. The SMILES string of the molecule is CCOC(=O)c1ccc(NC(=O)Cn2cc(C(=O)C3CC3)c3ccccc32)cc1. The smallest absolute Gasteiger partial charge is 0.338 e. The van der Waals surface area contributed by atoms with Crippen molar-refractivity contribution >= 4 is 34.3 Å². The Morgan fingerprint density at radius 3 is 2.48 bits per heavy atom. The molecule has 1 aromatic heterocycles. The molecule has 0 bridgehead atoms. The van der Waals surface area contributed by atoms with Crippen LogP contribution in [-0.4, -0.2) is 28.8 Å². The van der Waals surface area contributed by atoms with E-state index in [2.05, 4.69) is 5.32 Å². The van der Waals surface area contributed by atoms with E-state index in [0.29, 0.717) is 23.4 Å². The fourth-order valence-electron chi connectivity index (χ4n) is 3.40. The Labute approximate surface area is 168 Å². The zero-order valence-corrected chi connectivity index (χ0v) is 16.2. The third-order valence-corrected chi connectivity index (χ3v) is 5.00. The zero-order chi connectivity index (χ0) is 20.4. The van der Waals surface area contributed by atoms with Crippen molar-refractivity contribution in [3.05, 3.63) is 65.9 Å². The van der Waals surface area contributed by atoms with Gasteiger partial charge in [0.1, 0.15) is 6.54 Å². The predicted octanol–water partition coefficient (Wildman–Crippen LogP) is 4.05. The van der Waals surface area contributed by atoms with Gasteiger partial charge in [0, 0.05) is 34.3 Å². The predicted molar refractivity (Wildman–Crippen MR) is 110 cm³/mol. The lowest BCUT2D eigenvalue weighted by Crippen LogP contribution is -2.18. The molecule has 1 fully saturated rings. The van der Waals surface area contributed by atoms with Crippen LogP contribution in [0.1, 0.15) is 40.5 Å². The number of rotatable bonds is 7. The van der Waals surface area contributed by atoms with E-state index in [1.807, 2.05) is 28.8 Å². The molecule has 0 saturated heterocycles. The minimum atomic E-state index is -0.392. The largest absolute Gasteiger partial charge is 0.462 e. The zero-order valence-electron chi connectivity index (χ0n) is 16.2. The van der Waals surface area contributed by atoms with Crippen molar-refractivity contribution in [2.45, 2.75) is 26.3 Å². The van der Waals surface area contributed by atoms with Gasteiger partial charge in [0.25, 0.3) is 0 Å². The average Bonchev–Trinajstić information content (AvgIpc) is 3.51. The van der Waals surface area contributed by atoms with Crippen molar-refractivity contribution in [1.29, 1.82) is 0 Å². The van der Waals surface area contributed by atoms with Gasteiger partial charge < -0.3 is 14.6 Å². The van der Waals surface area contributed by atoms with Gasteiger partial charge in [0.2, 0.25) is 5.91 Å². The van der Waals surface area contributed by atoms with Crippen molar-refractivity contribution < 1.29 is 19.1 Å². The van der Waals surface area contributed by atoms with Gasteiger partial charge in [0.15, 0.2) is 5.78 Å². The normalized spacial score (nSPS) is 13.3. The number of amides is 1. The first-order valence-corrected chi connectivity index (χ1v) is 9.76. The minimum Gasteiger partial charge on any atom is -0.462 e. The lowest BCUT2D eigenvalue weighted by Gasteiger charge is -2.08. The molecule has 1 aliphatic carbocycles. The van der Waals surface area contributed by atoms with E-state index in [9.17, 15) is 14.4 Å². The number of carbonyl (C=O) groups excluding carboxylic acids is 3. The molecule has 0 atom stereocenters. The van der Waals surface area contributed by atoms with Crippen molar-refractivity contribution in [3.8, 4) is 0 Å². The molecule has 1 saturated carbocycles. The summed E-state index contributed by atoms with van der Waals surface area (Å²) in [4.78, 5) is 36.9. The number of ether oxygens (including phenoxy) is 1. The van der Waals surface area contributed by atoms with Crippen molar-refractivity contribution in [2.24, 2.45) is 5.92 Å². The Balaban J connectivity index is 1.49. The maximum Gasteiger partial charge on any atom is 0.338 e. The minimum absolute atomic E-state index is 0.0953. The number of carbonyl (C=O) groups is 3. The summed E-state index contributed by atoms with van der Waals surface area (Å²) in [5.41, 5.74) is 2.58. The Kier molecular flexibility index (Phi) is 5.16. The van der Waals surface area contributed by atoms with Crippen LogP contribution in [0.15, 0.2) is 54.7 Å². The number of fused-ring (bicyclic) bond motifs is 1. The van der Waals surface area contributed by atoms with Gasteiger partial charge in [-0.25, -0.2) is 4.79 Å². The van der Waals surface area contributed by atoms with Gasteiger partial charge in [0.05, 0.1) is 12.2 Å². The van der Waals surface area contributed by atoms with E-state index in [4.69, 9.17) is 4.74 Å². The van der Waals surface area contributed by atoms with Crippen LogP contribution < -0.4 is 5.32 Å². The van der Waals surface area contributed by atoms with Gasteiger partial charge >= 0.3 is 5.97 Å². The lowest BCUT2D eigenvalue weighted by atomic mass is 10.1. The Hall–Kier alpha value is -3.41. The van der Waals surface area contributed by atoms with Gasteiger partial charge in [-0.15, -0.1) is 0 Å². The topological polar surface area (TPSA) is 77.4 Å². The molecule has 3 aromatic rings. The summed E-state index contributed by atoms with van der Waals surface area (Å²) >= 11 is 0. The molecule has 6 heteroatoms. The third-order valence-electron chi connectivity index (χ3n) is 5.00. The molecule has 1 aliphatic rings. The second-order valence-electron chi connectivity index (χ2n) is 7.17. The Morgan fingerprint density at radius 1 is 1.07 bits per heavy atom. The van der Waals surface area contributed by atoms with Crippen LogP contribution in [0.3, 0.4) is 0 Å². The van der Waals surface area contributed by atoms with Crippen LogP contribution >= 0.6 is 0 Å². The first-order chi connectivity index (χ1) is 14.1. The summed E-state index contributed by atoms with van der Waals surface area (Å²) in [6.45, 7) is 2.16. The maximum absolute atomic E-state index is 12.6. The molecule has 6 nitrogen and oxygen atoms in total. The highest BCUT2D eigenvalue weighted by Crippen LogP contribution is 2.35. The molecule has 29 heavy (non-hydrogen) atoms. The first kappa shape index (κ1) is 18.9. The molecule has 2 aromatic carbocycles. The number of ketones is 1. The van der Waals surface area contributed by atoms with Crippen molar-refractivity contribution in [3.63, 3.8) is 0 Å². The van der Waals surface area contributed by atoms with Crippen LogP contribution in [0.25, 0.3) is 10.9 Å². The number of esters is 1. The highest BCUT2D eigenvalue weighted by Gasteiger charge is 2.32. The molecule has 1 N–H and O–H groups in total. The fourth-order valence-corrected chi connectivity index (χ4v) is 3.40. The summed E-state index contributed by atoms with van der Waals surface area (Å²) < 4.78 is 6.77. The molecule has 0 unspecified atom stereocenters. The second kappa shape index (κ2) is 7.91. The highest BCUT2D eigenvalue weighted by molar-refractivity contribution is 6.10. The highest BCUT2D eigenvalue weighted by atomic mass is 16.5. The maximum atomic E-state index is 12.6. The lowest BCUT2D eigenvalue weighted by molar-refractivity contribution is -0.116. The monoisotopic (exact) mass is 390 g/mol. The quantitative estimate of drug-likeness (QED) is 0.488. The number of benzene rings is 2. The average molecular weight is 390 g/mol. The summed E-state index contributed by atoms with van der Waals surface area (Å²) in [5, 5.41) is 3.72. The van der Waals surface area contributed by atoms with Crippen LogP contribution in [0.5, 0.6) is 0 Å². The molecule has 0 aliphatic heterocycles. The Morgan fingerprint density at radius 2 is 1.79 bits per heavy atom. The number of aromatic nitrogens is 1. The van der Waals surface area contributed by atoms with Crippen molar-refractivity contribution in [2.75, 3.05) is 11.9 Å². The van der Waals surface area contributed by atoms with Gasteiger partial charge in [-0.3, -0.25) is 9.59 Å². The van der Waals surface area contributed by atoms with E-state index in [-0.39, 0.29) is 24.2 Å². The summed E-state index contributed by atoms with van der Waals surface area (Å²) in [6, 6.07) is 14.2. The van der Waals surface area contributed by atoms with Crippen LogP contribution in [0, 0.1) is 5.92 Å². The van der Waals surface area contributed by atoms with Gasteiger partial charge in [-0.2, -0.15) is 0 Å². The standard InChI is InChI=1S/C23H22N2O4/c1-2-29-23(28)16-9-11-17(12-10-16)24-21(26)14-25-13-19(22(27)15-7-8-15)18-5-3-4-6-20(18)25/h3-6,9-13,15H,2,7-8,14H2,1H3,(H,24,26). The van der Waals surface area contributed by atoms with E-state index in [1.165, 1.54) is 0 Å². The molecule has 1 amide bonds. The molecule has 4 rings (SSSR count). The van der Waals surface area contributed by atoms with E-state index in [1.54, 1.807) is 37.4 Å². The molecule has 0 radical (unpaired) electrons. The van der Waals surface area contributed by atoms with E-state index < -0.39 is 5.97 Å². The first-order valence-electron chi connectivity index (χ1n) is 9.76. The number of nitrogens with zero attached hydrogens (tertiary/aromatic N) is 1. The molecular formula is C23H22N2O4. The van der Waals surface area contributed by atoms with Gasteiger partial charge in [-0.1, -0.05) is 18.2 Å². The summed E-state index contributed by atoms with van der Waals surface area (Å²) in [6.07, 6.45) is 3.68. The van der Waals surface area contributed by atoms with Gasteiger partial charge in [-0.05, 0) is 50.1 Å². The van der Waals surface area contributed by atoms with Crippen LogP contribution in [-0.2, 0) is 16.1 Å². The number of anilines is 1. The van der Waals surface area contributed by atoms with Crippen LogP contribution in [0.2, 0.25) is 0 Å². The number of hydrogen-bond acceptors (Lipinski definition) is 4. The number of nitrogens with one attached hydrogen (secondary N) is 1. The fraction of sp³-hybridized carbons (Fsp3) is 0.261. The summed E-state index contributed by atoms with van der Waals surface area (Å²) in [5.74, 6) is -0.312. The molecule has 0 spiro atoms. The number of Topliss-reactive ketones (excluding diaryl/α,β-unsaturated/α-hetero) is 1. The third kappa shape index (κ3) is 4.06. The number of para-hydroxylation sites is 1. The van der Waals surface area contributed by atoms with E-state index >= 15 is 0 Å². The van der Waals surface area contributed by atoms with E-state index in [0.717, 1.165) is 23.7 Å². The molecule has 1 heterocycles. The molecule has 148 valence electrons. The van der Waals surface area contributed by atoms with Crippen LogP contribution in [0.4, 0.5) is 5.69 Å². The second-order valence-corrected chi connectivity index (χ2v) is 7.17. The van der Waals surface area contributed by atoms with Crippen molar-refractivity contribution in [1.82, 2.24) is 4.57 Å². The Bertz CT molecular complexity index is 1080.